The minimum atomic E-state index is -1.06. The molecule has 8 heteroatoms. The molecule has 0 aliphatic carbocycles. The monoisotopic (exact) mass is 429 g/mol. The molecule has 2 aromatic carbocycles. The number of carbonyl (C=O) groups is 1. The minimum Gasteiger partial charge on any atom is -0.454 e. The summed E-state index contributed by atoms with van der Waals surface area (Å²) in [7, 11) is 0. The SMILES string of the molecule is N#C[C@H](C(=O)NCc1ccc2c(c1)OCO2)c1nc2ccccc2nc1N1CCCCC1. The van der Waals surface area contributed by atoms with Crippen LogP contribution in [0, 0.1) is 11.3 Å². The molecule has 5 rings (SSSR count). The van der Waals surface area contributed by atoms with Crippen molar-refractivity contribution < 1.29 is 14.3 Å². The number of carbonyl (C=O) groups excluding carboxylic acids is 1. The zero-order valence-electron chi connectivity index (χ0n) is 17.6. The molecule has 0 bridgehead atoms. The second-order valence-electron chi connectivity index (χ2n) is 7.94. The first kappa shape index (κ1) is 20.1. The van der Waals surface area contributed by atoms with Crippen LogP contribution in [0.5, 0.6) is 11.5 Å². The molecular weight excluding hydrogens is 406 g/mol. The number of ether oxygens (including phenoxy) is 2. The molecular formula is C24H23N5O3. The van der Waals surface area contributed by atoms with Gasteiger partial charge in [0.25, 0.3) is 0 Å². The van der Waals surface area contributed by atoms with Crippen molar-refractivity contribution in [3.05, 3.63) is 53.7 Å². The van der Waals surface area contributed by atoms with E-state index < -0.39 is 11.8 Å². The quantitative estimate of drug-likeness (QED) is 0.664. The van der Waals surface area contributed by atoms with Crippen molar-refractivity contribution in [3.8, 4) is 17.6 Å². The number of hydrogen-bond donors (Lipinski definition) is 1. The lowest BCUT2D eigenvalue weighted by atomic mass is 10.0. The molecule has 1 fully saturated rings. The summed E-state index contributed by atoms with van der Waals surface area (Å²) in [5, 5.41) is 12.8. The van der Waals surface area contributed by atoms with Crippen LogP contribution < -0.4 is 19.7 Å². The number of amides is 1. The molecule has 32 heavy (non-hydrogen) atoms. The summed E-state index contributed by atoms with van der Waals surface area (Å²) in [4.78, 5) is 24.8. The molecule has 162 valence electrons. The third-order valence-corrected chi connectivity index (χ3v) is 5.80. The van der Waals surface area contributed by atoms with E-state index in [2.05, 4.69) is 16.3 Å². The summed E-state index contributed by atoms with van der Waals surface area (Å²) < 4.78 is 10.7. The highest BCUT2D eigenvalue weighted by atomic mass is 16.7. The topological polar surface area (TPSA) is 100 Å². The van der Waals surface area contributed by atoms with Crippen molar-refractivity contribution in [2.75, 3.05) is 24.8 Å². The first-order valence-electron chi connectivity index (χ1n) is 10.8. The van der Waals surface area contributed by atoms with Gasteiger partial charge in [-0.15, -0.1) is 0 Å². The van der Waals surface area contributed by atoms with Gasteiger partial charge >= 0.3 is 0 Å². The van der Waals surface area contributed by atoms with E-state index in [0.29, 0.717) is 28.5 Å². The maximum absolute atomic E-state index is 13.1. The number of aromatic nitrogens is 2. The molecule has 2 aliphatic heterocycles. The largest absolute Gasteiger partial charge is 0.454 e. The normalized spacial score (nSPS) is 15.9. The Hall–Kier alpha value is -3.86. The van der Waals surface area contributed by atoms with Crippen molar-refractivity contribution in [2.45, 2.75) is 31.7 Å². The van der Waals surface area contributed by atoms with Gasteiger partial charge in [0, 0.05) is 19.6 Å². The standard InChI is InChI=1S/C24H23N5O3/c25-13-17(24(30)26-14-16-8-9-20-21(12-16)32-15-31-20)22-23(29-10-4-1-5-11-29)28-19-7-3-2-6-18(19)27-22/h2-3,6-9,12,17H,1,4-5,10-11,14-15H2,(H,26,30)/t17-/m0/s1. The van der Waals surface area contributed by atoms with Crippen molar-refractivity contribution in [3.63, 3.8) is 0 Å². The number of rotatable bonds is 5. The van der Waals surface area contributed by atoms with Crippen molar-refractivity contribution in [2.24, 2.45) is 0 Å². The van der Waals surface area contributed by atoms with Gasteiger partial charge in [-0.2, -0.15) is 5.26 Å². The number of nitriles is 1. The molecule has 0 radical (unpaired) electrons. The van der Waals surface area contributed by atoms with Crippen LogP contribution in [0.2, 0.25) is 0 Å². The number of nitrogens with zero attached hydrogens (tertiary/aromatic N) is 4. The Kier molecular flexibility index (Phi) is 5.46. The van der Waals surface area contributed by atoms with Gasteiger partial charge < -0.3 is 19.7 Å². The maximum Gasteiger partial charge on any atom is 0.243 e. The maximum atomic E-state index is 13.1. The number of nitrogens with one attached hydrogen (secondary N) is 1. The fourth-order valence-corrected chi connectivity index (χ4v) is 4.12. The number of anilines is 1. The zero-order chi connectivity index (χ0) is 21.9. The Morgan fingerprint density at radius 2 is 1.81 bits per heavy atom. The number of piperidine rings is 1. The molecule has 1 aromatic heterocycles. The summed E-state index contributed by atoms with van der Waals surface area (Å²) in [6.07, 6.45) is 3.29. The molecule has 1 amide bonds. The van der Waals surface area contributed by atoms with E-state index in [1.807, 2.05) is 42.5 Å². The molecule has 1 N–H and O–H groups in total. The van der Waals surface area contributed by atoms with Crippen LogP contribution in [0.4, 0.5) is 5.82 Å². The first-order valence-corrected chi connectivity index (χ1v) is 10.8. The lowest BCUT2D eigenvalue weighted by Gasteiger charge is -2.29. The van der Waals surface area contributed by atoms with E-state index in [4.69, 9.17) is 19.4 Å². The molecule has 0 saturated carbocycles. The molecule has 1 atom stereocenters. The third kappa shape index (κ3) is 3.89. The van der Waals surface area contributed by atoms with Crippen molar-refractivity contribution in [1.29, 1.82) is 5.26 Å². The summed E-state index contributed by atoms with van der Waals surface area (Å²) in [5.41, 5.74) is 2.71. The Balaban J connectivity index is 1.42. The number of para-hydroxylation sites is 2. The van der Waals surface area contributed by atoms with Crippen LogP contribution in [-0.2, 0) is 11.3 Å². The van der Waals surface area contributed by atoms with Crippen LogP contribution in [0.1, 0.15) is 36.4 Å². The van der Waals surface area contributed by atoms with E-state index in [9.17, 15) is 10.1 Å². The second kappa shape index (κ2) is 8.71. The van der Waals surface area contributed by atoms with Crippen molar-refractivity contribution in [1.82, 2.24) is 15.3 Å². The molecule has 1 saturated heterocycles. The van der Waals surface area contributed by atoms with E-state index in [1.165, 1.54) is 6.42 Å². The summed E-state index contributed by atoms with van der Waals surface area (Å²) in [6.45, 7) is 2.16. The minimum absolute atomic E-state index is 0.196. The van der Waals surface area contributed by atoms with Gasteiger partial charge in [0.05, 0.1) is 17.1 Å². The average Bonchev–Trinajstić information content (AvgIpc) is 3.31. The summed E-state index contributed by atoms with van der Waals surface area (Å²) in [5.74, 6) is 0.521. The molecule has 3 heterocycles. The highest BCUT2D eigenvalue weighted by molar-refractivity contribution is 5.88. The average molecular weight is 429 g/mol. The van der Waals surface area contributed by atoms with E-state index in [-0.39, 0.29) is 13.3 Å². The Morgan fingerprint density at radius 1 is 1.06 bits per heavy atom. The van der Waals surface area contributed by atoms with Crippen LogP contribution in [-0.4, -0.2) is 35.8 Å². The molecule has 0 spiro atoms. The van der Waals surface area contributed by atoms with E-state index in [1.54, 1.807) is 0 Å². The Labute approximate surface area is 185 Å². The third-order valence-electron chi connectivity index (χ3n) is 5.80. The van der Waals surface area contributed by atoms with Gasteiger partial charge in [0.1, 0.15) is 5.69 Å². The summed E-state index contributed by atoms with van der Waals surface area (Å²) >= 11 is 0. The number of fused-ring (bicyclic) bond motifs is 2. The smallest absolute Gasteiger partial charge is 0.243 e. The summed E-state index contributed by atoms with van der Waals surface area (Å²) in [6, 6.07) is 15.2. The predicted molar refractivity (Wildman–Crippen MR) is 118 cm³/mol. The van der Waals surface area contributed by atoms with Gasteiger partial charge in [-0.3, -0.25) is 4.79 Å². The van der Waals surface area contributed by atoms with E-state index >= 15 is 0 Å². The van der Waals surface area contributed by atoms with Gasteiger partial charge in [-0.05, 0) is 49.1 Å². The fourth-order valence-electron chi connectivity index (χ4n) is 4.12. The lowest BCUT2D eigenvalue weighted by molar-refractivity contribution is -0.121. The Morgan fingerprint density at radius 3 is 2.59 bits per heavy atom. The number of benzene rings is 2. The van der Waals surface area contributed by atoms with Crippen LogP contribution in [0.25, 0.3) is 11.0 Å². The van der Waals surface area contributed by atoms with Gasteiger partial charge in [-0.25, -0.2) is 9.97 Å². The molecule has 3 aromatic rings. The number of hydrogen-bond acceptors (Lipinski definition) is 7. The van der Waals surface area contributed by atoms with Crippen LogP contribution in [0.15, 0.2) is 42.5 Å². The Bertz CT molecular complexity index is 1200. The fraction of sp³-hybridized carbons (Fsp3) is 0.333. The highest BCUT2D eigenvalue weighted by Gasteiger charge is 2.29. The second-order valence-corrected chi connectivity index (χ2v) is 7.94. The lowest BCUT2D eigenvalue weighted by Crippen LogP contribution is -2.34. The van der Waals surface area contributed by atoms with Crippen molar-refractivity contribution >= 4 is 22.8 Å². The highest BCUT2D eigenvalue weighted by Crippen LogP contribution is 2.33. The van der Waals surface area contributed by atoms with Gasteiger partial charge in [-0.1, -0.05) is 18.2 Å². The van der Waals surface area contributed by atoms with Crippen LogP contribution >= 0.6 is 0 Å². The first-order chi connectivity index (χ1) is 15.7. The van der Waals surface area contributed by atoms with Crippen LogP contribution in [0.3, 0.4) is 0 Å². The molecule has 0 unspecified atom stereocenters. The molecule has 8 nitrogen and oxygen atoms in total. The predicted octanol–water partition coefficient (Wildman–Crippen LogP) is 3.27. The van der Waals surface area contributed by atoms with E-state index in [0.717, 1.165) is 37.0 Å². The molecule has 2 aliphatic rings. The van der Waals surface area contributed by atoms with Gasteiger partial charge in [0.2, 0.25) is 12.7 Å². The zero-order valence-corrected chi connectivity index (χ0v) is 17.6. The van der Waals surface area contributed by atoms with Gasteiger partial charge in [0.15, 0.2) is 23.2 Å².